The zero-order valence-corrected chi connectivity index (χ0v) is 10.3. The lowest BCUT2D eigenvalue weighted by atomic mass is 10.0. The fraction of sp³-hybridized carbons (Fsp3) is 0.308. The van der Waals surface area contributed by atoms with Crippen molar-refractivity contribution in [3.8, 4) is 0 Å². The van der Waals surface area contributed by atoms with Crippen LogP contribution in [0.3, 0.4) is 0 Å². The first-order valence-corrected chi connectivity index (χ1v) is 5.81. The summed E-state index contributed by atoms with van der Waals surface area (Å²) in [6.45, 7) is 2.65. The van der Waals surface area contributed by atoms with E-state index < -0.39 is 17.7 Å². The minimum Gasteiger partial charge on any atom is -0.334 e. The van der Waals surface area contributed by atoms with E-state index in [1.54, 1.807) is 19.4 Å². The van der Waals surface area contributed by atoms with Crippen molar-refractivity contribution in [2.75, 3.05) is 7.05 Å². The van der Waals surface area contributed by atoms with Gasteiger partial charge in [-0.25, -0.2) is 13.8 Å². The van der Waals surface area contributed by atoms with Crippen LogP contribution in [0, 0.1) is 11.6 Å². The lowest BCUT2D eigenvalue weighted by Gasteiger charge is -2.18. The van der Waals surface area contributed by atoms with Crippen molar-refractivity contribution < 1.29 is 8.78 Å². The van der Waals surface area contributed by atoms with E-state index in [2.05, 4.69) is 10.3 Å². The van der Waals surface area contributed by atoms with Gasteiger partial charge in [-0.15, -0.1) is 0 Å². The number of aromatic nitrogens is 2. The molecule has 0 aliphatic heterocycles. The van der Waals surface area contributed by atoms with Crippen molar-refractivity contribution in [1.82, 2.24) is 14.9 Å². The molecule has 1 aromatic heterocycles. The van der Waals surface area contributed by atoms with Gasteiger partial charge in [-0.1, -0.05) is 6.07 Å². The minimum absolute atomic E-state index is 0.000833. The molecule has 0 saturated heterocycles. The van der Waals surface area contributed by atoms with E-state index in [0.717, 1.165) is 0 Å². The lowest BCUT2D eigenvalue weighted by molar-refractivity contribution is 0.500. The van der Waals surface area contributed by atoms with E-state index in [-0.39, 0.29) is 5.56 Å². The molecule has 1 N–H and O–H groups in total. The highest BCUT2D eigenvalue weighted by Crippen LogP contribution is 2.25. The quantitative estimate of drug-likeness (QED) is 0.904. The Morgan fingerprint density at radius 1 is 1.33 bits per heavy atom. The highest BCUT2D eigenvalue weighted by atomic mass is 19.1. The van der Waals surface area contributed by atoms with E-state index >= 15 is 0 Å². The Kier molecular flexibility index (Phi) is 3.72. The molecule has 1 aromatic carbocycles. The molecule has 18 heavy (non-hydrogen) atoms. The summed E-state index contributed by atoms with van der Waals surface area (Å²) in [7, 11) is 1.66. The average molecular weight is 251 g/mol. The molecule has 3 nitrogen and oxygen atoms in total. The fourth-order valence-corrected chi connectivity index (χ4v) is 2.04. The molecule has 0 aliphatic rings. The second-order valence-electron chi connectivity index (χ2n) is 3.93. The molecule has 1 atom stereocenters. The number of halogens is 2. The van der Waals surface area contributed by atoms with Crippen molar-refractivity contribution in [1.29, 1.82) is 0 Å². The lowest BCUT2D eigenvalue weighted by Crippen LogP contribution is -2.24. The normalized spacial score (nSPS) is 12.7. The van der Waals surface area contributed by atoms with Gasteiger partial charge in [-0.2, -0.15) is 0 Å². The van der Waals surface area contributed by atoms with Gasteiger partial charge in [0.25, 0.3) is 0 Å². The van der Waals surface area contributed by atoms with Crippen LogP contribution in [0.2, 0.25) is 0 Å². The summed E-state index contributed by atoms with van der Waals surface area (Å²) < 4.78 is 29.5. The van der Waals surface area contributed by atoms with Gasteiger partial charge in [0, 0.05) is 24.5 Å². The van der Waals surface area contributed by atoms with Crippen LogP contribution in [0.15, 0.2) is 30.6 Å². The second kappa shape index (κ2) is 5.27. The molecule has 0 saturated carbocycles. The summed E-state index contributed by atoms with van der Waals surface area (Å²) in [5, 5.41) is 2.91. The topological polar surface area (TPSA) is 29.9 Å². The maximum absolute atomic E-state index is 13.8. The molecular weight excluding hydrogens is 236 g/mol. The predicted octanol–water partition coefficient (Wildman–Crippen LogP) is 2.49. The Morgan fingerprint density at radius 3 is 2.56 bits per heavy atom. The highest BCUT2D eigenvalue weighted by molar-refractivity contribution is 5.28. The predicted molar refractivity (Wildman–Crippen MR) is 65.2 cm³/mol. The van der Waals surface area contributed by atoms with Crippen molar-refractivity contribution in [2.24, 2.45) is 0 Å². The van der Waals surface area contributed by atoms with Gasteiger partial charge in [0.05, 0.1) is 6.04 Å². The largest absolute Gasteiger partial charge is 0.334 e. The van der Waals surface area contributed by atoms with Crippen LogP contribution < -0.4 is 5.32 Å². The summed E-state index contributed by atoms with van der Waals surface area (Å²) in [6.07, 6.45) is 3.42. The Bertz CT molecular complexity index is 517. The molecule has 0 fully saturated rings. The van der Waals surface area contributed by atoms with Crippen LogP contribution in [-0.2, 0) is 6.54 Å². The first kappa shape index (κ1) is 12.7. The number of rotatable bonds is 4. The number of aryl methyl sites for hydroxylation is 1. The third kappa shape index (κ3) is 2.13. The average Bonchev–Trinajstić information content (AvgIpc) is 2.82. The molecule has 96 valence electrons. The molecule has 0 spiro atoms. The molecule has 0 radical (unpaired) electrons. The molecule has 2 rings (SSSR count). The van der Waals surface area contributed by atoms with Crippen LogP contribution in [0.25, 0.3) is 0 Å². The van der Waals surface area contributed by atoms with Crippen LogP contribution >= 0.6 is 0 Å². The summed E-state index contributed by atoms with van der Waals surface area (Å²) in [5.41, 5.74) is 0.000833. The number of nitrogens with zero attached hydrogens (tertiary/aromatic N) is 2. The Balaban J connectivity index is 2.52. The Morgan fingerprint density at radius 2 is 2.00 bits per heavy atom. The first-order chi connectivity index (χ1) is 8.69. The van der Waals surface area contributed by atoms with Gasteiger partial charge >= 0.3 is 0 Å². The van der Waals surface area contributed by atoms with E-state index in [9.17, 15) is 8.78 Å². The van der Waals surface area contributed by atoms with E-state index in [1.165, 1.54) is 18.2 Å². The van der Waals surface area contributed by atoms with Crippen LogP contribution in [0.5, 0.6) is 0 Å². The van der Waals surface area contributed by atoms with Crippen molar-refractivity contribution in [2.45, 2.75) is 19.5 Å². The summed E-state index contributed by atoms with van der Waals surface area (Å²) >= 11 is 0. The zero-order chi connectivity index (χ0) is 13.1. The monoisotopic (exact) mass is 251 g/mol. The summed E-state index contributed by atoms with van der Waals surface area (Å²) in [6, 6.07) is 3.26. The molecule has 1 heterocycles. The maximum atomic E-state index is 13.8. The molecular formula is C13H15F2N3. The maximum Gasteiger partial charge on any atom is 0.131 e. The third-order valence-electron chi connectivity index (χ3n) is 2.92. The molecule has 0 amide bonds. The van der Waals surface area contributed by atoms with Gasteiger partial charge in [0.15, 0.2) is 0 Å². The van der Waals surface area contributed by atoms with Crippen LogP contribution in [0.1, 0.15) is 24.4 Å². The van der Waals surface area contributed by atoms with Gasteiger partial charge < -0.3 is 9.88 Å². The van der Waals surface area contributed by atoms with Gasteiger partial charge in [-0.3, -0.25) is 0 Å². The summed E-state index contributed by atoms with van der Waals surface area (Å²) in [4.78, 5) is 4.18. The number of imidazole rings is 1. The van der Waals surface area contributed by atoms with Gasteiger partial charge in [0.1, 0.15) is 17.5 Å². The zero-order valence-electron chi connectivity index (χ0n) is 10.3. The summed E-state index contributed by atoms with van der Waals surface area (Å²) in [5.74, 6) is -0.538. The highest BCUT2D eigenvalue weighted by Gasteiger charge is 2.23. The number of hydrogen-bond acceptors (Lipinski definition) is 2. The Hall–Kier alpha value is -1.75. The molecule has 1 unspecified atom stereocenters. The van der Waals surface area contributed by atoms with Gasteiger partial charge in [0.2, 0.25) is 0 Å². The smallest absolute Gasteiger partial charge is 0.131 e. The molecule has 2 aromatic rings. The van der Waals surface area contributed by atoms with E-state index in [4.69, 9.17) is 0 Å². The SMILES string of the molecule is CCn1ccnc1C(NC)c1c(F)cccc1F. The van der Waals surface area contributed by atoms with Crippen LogP contribution in [0.4, 0.5) is 8.78 Å². The van der Waals surface area contributed by atoms with E-state index in [0.29, 0.717) is 12.4 Å². The van der Waals surface area contributed by atoms with Crippen molar-refractivity contribution in [3.05, 3.63) is 53.6 Å². The molecule has 0 bridgehead atoms. The molecule has 5 heteroatoms. The first-order valence-electron chi connectivity index (χ1n) is 5.81. The fourth-order valence-electron chi connectivity index (χ4n) is 2.04. The third-order valence-corrected chi connectivity index (χ3v) is 2.92. The minimum atomic E-state index is -0.596. The number of benzene rings is 1. The van der Waals surface area contributed by atoms with Crippen molar-refractivity contribution >= 4 is 0 Å². The van der Waals surface area contributed by atoms with Crippen LogP contribution in [-0.4, -0.2) is 16.6 Å². The van der Waals surface area contributed by atoms with Gasteiger partial charge in [-0.05, 0) is 26.1 Å². The van der Waals surface area contributed by atoms with E-state index in [1.807, 2.05) is 11.5 Å². The van der Waals surface area contributed by atoms with Crippen molar-refractivity contribution in [3.63, 3.8) is 0 Å². The Labute approximate surface area is 104 Å². The number of nitrogens with one attached hydrogen (secondary N) is 1. The number of hydrogen-bond donors (Lipinski definition) is 1. The molecule has 0 aliphatic carbocycles. The standard InChI is InChI=1S/C13H15F2N3/c1-3-18-8-7-17-13(18)12(16-2)11-9(14)5-4-6-10(11)15/h4-8,12,16H,3H2,1-2H3. The second-order valence-corrected chi connectivity index (χ2v) is 3.93.